The molecule has 0 amide bonds. The molecule has 7 heteroatoms. The summed E-state index contributed by atoms with van der Waals surface area (Å²) in [6.45, 7) is 0. The Morgan fingerprint density at radius 3 is 2.57 bits per heavy atom. The van der Waals surface area contributed by atoms with E-state index in [0.29, 0.717) is 4.73 Å². The Balaban J connectivity index is 2.21. The van der Waals surface area contributed by atoms with Gasteiger partial charge in [-0.05, 0) is 22.4 Å². The number of imidazole rings is 1. The summed E-state index contributed by atoms with van der Waals surface area (Å²) < 4.78 is 38.5. The van der Waals surface area contributed by atoms with E-state index in [4.69, 9.17) is 11.6 Å². The van der Waals surface area contributed by atoms with Crippen molar-refractivity contribution in [2.45, 2.75) is 18.6 Å². The van der Waals surface area contributed by atoms with Crippen molar-refractivity contribution in [2.24, 2.45) is 5.92 Å². The minimum atomic E-state index is -4.14. The monoisotopic (exact) mass is 288 g/mol. The number of halogens is 5. The van der Waals surface area contributed by atoms with Crippen molar-refractivity contribution < 1.29 is 13.2 Å². The number of nitrogens with zero attached hydrogens (tertiary/aromatic N) is 2. The molecule has 0 saturated heterocycles. The Morgan fingerprint density at radius 1 is 1.57 bits per heavy atom. The summed E-state index contributed by atoms with van der Waals surface area (Å²) in [6.07, 6.45) is -2.73. The Bertz CT molecular complexity index is 343. The summed E-state index contributed by atoms with van der Waals surface area (Å²) in [5.41, 5.74) is 0. The maximum atomic E-state index is 12.3. The van der Waals surface area contributed by atoms with Crippen molar-refractivity contribution in [3.63, 3.8) is 0 Å². The largest absolute Gasteiger partial charge is 0.393 e. The standard InChI is InChI=1S/C7H5BrClF3N2/c8-6-13-2-5(9)14(6)4-1-3(4)7(10,11)12/h2-4H,1H2/t3-,4-/m0/s1. The molecule has 1 saturated carbocycles. The minimum Gasteiger partial charge on any atom is -0.306 e. The molecule has 1 heterocycles. The van der Waals surface area contributed by atoms with Gasteiger partial charge in [0.05, 0.1) is 12.1 Å². The van der Waals surface area contributed by atoms with Crippen LogP contribution in [0.3, 0.4) is 0 Å². The molecule has 0 N–H and O–H groups in total. The lowest BCUT2D eigenvalue weighted by molar-refractivity contribution is -0.150. The molecule has 0 aromatic carbocycles. The van der Waals surface area contributed by atoms with E-state index in [-0.39, 0.29) is 11.6 Å². The van der Waals surface area contributed by atoms with Gasteiger partial charge in [0.15, 0.2) is 4.73 Å². The molecular formula is C7H5BrClF3N2. The van der Waals surface area contributed by atoms with E-state index >= 15 is 0 Å². The minimum absolute atomic E-state index is 0.0815. The second-order valence-electron chi connectivity index (χ2n) is 3.17. The number of hydrogen-bond donors (Lipinski definition) is 0. The van der Waals surface area contributed by atoms with Crippen LogP contribution in [0.15, 0.2) is 10.9 Å². The molecule has 1 aromatic rings. The predicted molar refractivity (Wildman–Crippen MR) is 48.1 cm³/mol. The molecule has 1 fully saturated rings. The van der Waals surface area contributed by atoms with E-state index in [2.05, 4.69) is 20.9 Å². The molecule has 0 unspecified atom stereocenters. The van der Waals surface area contributed by atoms with Gasteiger partial charge in [-0.15, -0.1) is 0 Å². The van der Waals surface area contributed by atoms with Crippen LogP contribution in [0.4, 0.5) is 13.2 Å². The van der Waals surface area contributed by atoms with E-state index < -0.39 is 18.1 Å². The van der Waals surface area contributed by atoms with Crippen molar-refractivity contribution in [1.82, 2.24) is 9.55 Å². The third-order valence-corrected chi connectivity index (χ3v) is 3.08. The molecule has 2 atom stereocenters. The summed E-state index contributed by atoms with van der Waals surface area (Å²) in [7, 11) is 0. The first-order chi connectivity index (χ1) is 6.41. The first kappa shape index (κ1) is 10.3. The zero-order valence-corrected chi connectivity index (χ0v) is 9.07. The molecule has 1 aromatic heterocycles. The fraction of sp³-hybridized carbons (Fsp3) is 0.571. The van der Waals surface area contributed by atoms with Crippen LogP contribution in [0, 0.1) is 5.92 Å². The number of aromatic nitrogens is 2. The highest BCUT2D eigenvalue weighted by Crippen LogP contribution is 2.54. The number of rotatable bonds is 1. The zero-order valence-electron chi connectivity index (χ0n) is 6.72. The van der Waals surface area contributed by atoms with E-state index in [1.54, 1.807) is 0 Å². The lowest BCUT2D eigenvalue weighted by Crippen LogP contribution is -2.13. The number of alkyl halides is 3. The van der Waals surface area contributed by atoms with Crippen molar-refractivity contribution in [3.05, 3.63) is 16.1 Å². The van der Waals surface area contributed by atoms with Gasteiger partial charge in [-0.2, -0.15) is 13.2 Å². The van der Waals surface area contributed by atoms with Crippen LogP contribution in [0.2, 0.25) is 5.15 Å². The Morgan fingerprint density at radius 2 is 2.21 bits per heavy atom. The van der Waals surface area contributed by atoms with Gasteiger partial charge >= 0.3 is 6.18 Å². The smallest absolute Gasteiger partial charge is 0.306 e. The van der Waals surface area contributed by atoms with E-state index in [9.17, 15) is 13.2 Å². The van der Waals surface area contributed by atoms with Crippen molar-refractivity contribution in [3.8, 4) is 0 Å². The number of hydrogen-bond acceptors (Lipinski definition) is 1. The van der Waals surface area contributed by atoms with E-state index in [1.807, 2.05) is 0 Å². The third-order valence-electron chi connectivity index (χ3n) is 2.22. The van der Waals surface area contributed by atoms with Gasteiger partial charge in [-0.1, -0.05) is 11.6 Å². The predicted octanol–water partition coefficient (Wildman–Crippen LogP) is 3.42. The fourth-order valence-electron chi connectivity index (χ4n) is 1.43. The van der Waals surface area contributed by atoms with Gasteiger partial charge in [0, 0.05) is 6.04 Å². The van der Waals surface area contributed by atoms with Gasteiger partial charge in [0.25, 0.3) is 0 Å². The average Bonchev–Trinajstić information content (AvgIpc) is 2.75. The van der Waals surface area contributed by atoms with Gasteiger partial charge < -0.3 is 4.57 Å². The maximum Gasteiger partial charge on any atom is 0.393 e. The Labute approximate surface area is 91.2 Å². The molecule has 2 rings (SSSR count). The maximum absolute atomic E-state index is 12.3. The van der Waals surface area contributed by atoms with Crippen LogP contribution in [-0.4, -0.2) is 15.7 Å². The summed E-state index contributed by atoms with van der Waals surface area (Å²) >= 11 is 8.75. The lowest BCUT2D eigenvalue weighted by Gasteiger charge is -2.07. The van der Waals surface area contributed by atoms with E-state index in [1.165, 1.54) is 10.8 Å². The Kier molecular flexibility index (Phi) is 2.30. The average molecular weight is 289 g/mol. The quantitative estimate of drug-likeness (QED) is 0.774. The van der Waals surface area contributed by atoms with Gasteiger partial charge in [0.2, 0.25) is 0 Å². The van der Waals surface area contributed by atoms with Gasteiger partial charge in [0.1, 0.15) is 5.15 Å². The molecule has 0 radical (unpaired) electrons. The summed E-state index contributed by atoms with van der Waals surface area (Å²) in [4.78, 5) is 3.77. The molecule has 14 heavy (non-hydrogen) atoms. The lowest BCUT2D eigenvalue weighted by atomic mass is 10.4. The molecule has 0 aliphatic heterocycles. The molecule has 2 nitrogen and oxygen atoms in total. The molecule has 78 valence electrons. The van der Waals surface area contributed by atoms with Crippen LogP contribution >= 0.6 is 27.5 Å². The highest BCUT2D eigenvalue weighted by molar-refractivity contribution is 9.10. The zero-order chi connectivity index (χ0) is 10.5. The topological polar surface area (TPSA) is 17.8 Å². The third kappa shape index (κ3) is 1.65. The van der Waals surface area contributed by atoms with Crippen molar-refractivity contribution >= 4 is 27.5 Å². The van der Waals surface area contributed by atoms with Gasteiger partial charge in [-0.25, -0.2) is 4.98 Å². The SMILES string of the molecule is FC(F)(F)[C@H]1C[C@@H]1n1c(Cl)cnc1Br. The van der Waals surface area contributed by atoms with Crippen molar-refractivity contribution in [1.29, 1.82) is 0 Å². The second-order valence-corrected chi connectivity index (χ2v) is 4.27. The molecular weight excluding hydrogens is 284 g/mol. The highest BCUT2D eigenvalue weighted by atomic mass is 79.9. The van der Waals surface area contributed by atoms with Crippen LogP contribution < -0.4 is 0 Å². The fourth-order valence-corrected chi connectivity index (χ4v) is 2.35. The normalized spacial score (nSPS) is 26.6. The molecule has 0 spiro atoms. The summed E-state index contributed by atoms with van der Waals surface area (Å²) in [5.74, 6) is -1.29. The first-order valence-electron chi connectivity index (χ1n) is 3.86. The van der Waals surface area contributed by atoms with Crippen molar-refractivity contribution in [2.75, 3.05) is 0 Å². The first-order valence-corrected chi connectivity index (χ1v) is 5.03. The van der Waals surface area contributed by atoms with E-state index in [0.717, 1.165) is 0 Å². The molecule has 0 bridgehead atoms. The van der Waals surface area contributed by atoms with Gasteiger partial charge in [-0.3, -0.25) is 0 Å². The Hall–Kier alpha value is -0.230. The van der Waals surface area contributed by atoms with Crippen LogP contribution in [-0.2, 0) is 0 Å². The van der Waals surface area contributed by atoms with Crippen LogP contribution in [0.1, 0.15) is 12.5 Å². The molecule has 1 aliphatic carbocycles. The van der Waals surface area contributed by atoms with Crippen LogP contribution in [0.5, 0.6) is 0 Å². The van der Waals surface area contributed by atoms with Crippen LogP contribution in [0.25, 0.3) is 0 Å². The molecule has 1 aliphatic rings. The second kappa shape index (κ2) is 3.13. The summed E-state index contributed by atoms with van der Waals surface area (Å²) in [6, 6.07) is -0.598. The highest BCUT2D eigenvalue weighted by Gasteiger charge is 2.57. The summed E-state index contributed by atoms with van der Waals surface area (Å²) in [5, 5.41) is 0.230.